The average Bonchev–Trinajstić information content (AvgIpc) is 2.52. The summed E-state index contributed by atoms with van der Waals surface area (Å²) < 4.78 is 10.1. The Morgan fingerprint density at radius 3 is 2.46 bits per heavy atom. The van der Waals surface area contributed by atoms with E-state index >= 15 is 0 Å². The van der Waals surface area contributed by atoms with Crippen molar-refractivity contribution in [3.05, 3.63) is 24.0 Å². The van der Waals surface area contributed by atoms with Crippen molar-refractivity contribution in [2.75, 3.05) is 31.6 Å². The van der Waals surface area contributed by atoms with Gasteiger partial charge in [0.2, 0.25) is 0 Å². The lowest BCUT2D eigenvalue weighted by Gasteiger charge is -2.41. The van der Waals surface area contributed by atoms with Gasteiger partial charge in [-0.15, -0.1) is 0 Å². The first-order chi connectivity index (χ1) is 11.2. The van der Waals surface area contributed by atoms with Gasteiger partial charge in [-0.1, -0.05) is 0 Å². The van der Waals surface area contributed by atoms with Gasteiger partial charge < -0.3 is 19.3 Å². The number of pyridine rings is 1. The van der Waals surface area contributed by atoms with Gasteiger partial charge in [0.15, 0.2) is 0 Å². The standard InChI is InChI=1S/C17H25N3O4/c1-12-11-19(16(22)24-17(2,3)4)8-9-20(12)13-6-7-14(18-10-13)15(21)23-5/h6-7,10,12H,8-9,11H2,1-5H3/t12-/m1/s1. The van der Waals surface area contributed by atoms with Gasteiger partial charge in [-0.3, -0.25) is 0 Å². The number of aromatic nitrogens is 1. The lowest BCUT2D eigenvalue weighted by molar-refractivity contribution is 0.0218. The molecule has 0 bridgehead atoms. The second-order valence-corrected chi connectivity index (χ2v) is 6.86. The number of ether oxygens (including phenoxy) is 2. The highest BCUT2D eigenvalue weighted by Gasteiger charge is 2.30. The van der Waals surface area contributed by atoms with Gasteiger partial charge in [-0.2, -0.15) is 0 Å². The monoisotopic (exact) mass is 335 g/mol. The van der Waals surface area contributed by atoms with Crippen LogP contribution in [-0.2, 0) is 9.47 Å². The smallest absolute Gasteiger partial charge is 0.410 e. The van der Waals surface area contributed by atoms with Crippen molar-refractivity contribution in [3.63, 3.8) is 0 Å². The summed E-state index contributed by atoms with van der Waals surface area (Å²) in [6.07, 6.45) is 1.37. The Bertz CT molecular complexity index is 595. The van der Waals surface area contributed by atoms with Crippen LogP contribution in [0.2, 0.25) is 0 Å². The molecule has 7 heteroatoms. The summed E-state index contributed by atoms with van der Waals surface area (Å²) in [6, 6.07) is 3.62. The fraction of sp³-hybridized carbons (Fsp3) is 0.588. The minimum Gasteiger partial charge on any atom is -0.464 e. The average molecular weight is 335 g/mol. The number of rotatable bonds is 2. The first-order valence-corrected chi connectivity index (χ1v) is 8.00. The topological polar surface area (TPSA) is 72.0 Å². The van der Waals surface area contributed by atoms with E-state index in [-0.39, 0.29) is 17.8 Å². The van der Waals surface area contributed by atoms with Crippen molar-refractivity contribution in [3.8, 4) is 0 Å². The molecular weight excluding hydrogens is 310 g/mol. The maximum Gasteiger partial charge on any atom is 0.410 e. The Morgan fingerprint density at radius 1 is 1.25 bits per heavy atom. The highest BCUT2D eigenvalue weighted by Crippen LogP contribution is 2.21. The van der Waals surface area contributed by atoms with Crippen molar-refractivity contribution in [1.29, 1.82) is 0 Å². The van der Waals surface area contributed by atoms with Gasteiger partial charge in [0.25, 0.3) is 0 Å². The van der Waals surface area contributed by atoms with E-state index in [9.17, 15) is 9.59 Å². The van der Waals surface area contributed by atoms with Crippen LogP contribution in [0.3, 0.4) is 0 Å². The third-order valence-corrected chi connectivity index (χ3v) is 3.75. The van der Waals surface area contributed by atoms with Crippen LogP contribution in [0.1, 0.15) is 38.2 Å². The molecule has 1 aromatic heterocycles. The molecule has 0 spiro atoms. The van der Waals surface area contributed by atoms with Crippen LogP contribution in [0.5, 0.6) is 0 Å². The van der Waals surface area contributed by atoms with Crippen molar-refractivity contribution >= 4 is 17.7 Å². The number of piperazine rings is 1. The van der Waals surface area contributed by atoms with Crippen LogP contribution in [0.4, 0.5) is 10.5 Å². The van der Waals surface area contributed by atoms with E-state index in [0.29, 0.717) is 19.6 Å². The second kappa shape index (κ2) is 7.07. The van der Waals surface area contributed by atoms with Gasteiger partial charge in [0.1, 0.15) is 11.3 Å². The van der Waals surface area contributed by atoms with E-state index in [1.807, 2.05) is 33.8 Å². The summed E-state index contributed by atoms with van der Waals surface area (Å²) >= 11 is 0. The van der Waals surface area contributed by atoms with E-state index in [1.54, 1.807) is 17.2 Å². The van der Waals surface area contributed by atoms with Crippen LogP contribution in [0.15, 0.2) is 18.3 Å². The normalized spacial score (nSPS) is 18.3. The minimum absolute atomic E-state index is 0.122. The van der Waals surface area contributed by atoms with Crippen molar-refractivity contribution in [2.45, 2.75) is 39.3 Å². The summed E-state index contributed by atoms with van der Waals surface area (Å²) in [7, 11) is 1.33. The Kier molecular flexibility index (Phi) is 5.31. The predicted octanol–water partition coefficient (Wildman–Crippen LogP) is 2.31. The molecule has 0 N–H and O–H groups in total. The molecule has 1 saturated heterocycles. The summed E-state index contributed by atoms with van der Waals surface area (Å²) in [4.78, 5) is 31.6. The molecule has 2 heterocycles. The first-order valence-electron chi connectivity index (χ1n) is 8.00. The molecule has 0 radical (unpaired) electrons. The molecule has 1 aromatic rings. The van der Waals surface area contributed by atoms with E-state index in [1.165, 1.54) is 7.11 Å². The molecule has 1 aliphatic rings. The molecule has 0 aromatic carbocycles. The third-order valence-electron chi connectivity index (χ3n) is 3.75. The zero-order valence-corrected chi connectivity index (χ0v) is 14.9. The second-order valence-electron chi connectivity index (χ2n) is 6.86. The quantitative estimate of drug-likeness (QED) is 0.772. The zero-order valence-electron chi connectivity index (χ0n) is 14.9. The van der Waals surface area contributed by atoms with Gasteiger partial charge in [0.05, 0.1) is 19.0 Å². The number of carbonyl (C=O) groups excluding carboxylic acids is 2. The minimum atomic E-state index is -0.495. The Labute approximate surface area is 142 Å². The van der Waals surface area contributed by atoms with Crippen molar-refractivity contribution in [1.82, 2.24) is 9.88 Å². The number of methoxy groups -OCH3 is 1. The highest BCUT2D eigenvalue weighted by molar-refractivity contribution is 5.87. The van der Waals surface area contributed by atoms with Gasteiger partial charge >= 0.3 is 12.1 Å². The summed E-state index contributed by atoms with van der Waals surface area (Å²) in [5.41, 5.74) is 0.700. The molecule has 1 amide bonds. The number of amides is 1. The van der Waals surface area contributed by atoms with E-state index in [0.717, 1.165) is 5.69 Å². The molecule has 7 nitrogen and oxygen atoms in total. The molecule has 132 valence electrons. The third kappa shape index (κ3) is 4.37. The molecule has 1 fully saturated rings. The SMILES string of the molecule is COC(=O)c1ccc(N2CCN(C(=O)OC(C)(C)C)C[C@H]2C)cn1. The molecule has 24 heavy (non-hydrogen) atoms. The van der Waals surface area contributed by atoms with Crippen LogP contribution in [-0.4, -0.2) is 60.3 Å². The summed E-state index contributed by atoms with van der Waals surface area (Å²) in [5, 5.41) is 0. The summed E-state index contributed by atoms with van der Waals surface area (Å²) in [5.74, 6) is -0.454. The van der Waals surface area contributed by atoms with E-state index < -0.39 is 11.6 Å². The van der Waals surface area contributed by atoms with Gasteiger partial charge in [-0.05, 0) is 39.8 Å². The molecular formula is C17H25N3O4. The number of carbonyl (C=O) groups is 2. The Balaban J connectivity index is 2.01. The molecule has 0 unspecified atom stereocenters. The largest absolute Gasteiger partial charge is 0.464 e. The van der Waals surface area contributed by atoms with Crippen LogP contribution >= 0.6 is 0 Å². The maximum absolute atomic E-state index is 12.2. The van der Waals surface area contributed by atoms with Gasteiger partial charge in [0, 0.05) is 25.7 Å². The lowest BCUT2D eigenvalue weighted by Crippen LogP contribution is -2.54. The number of esters is 1. The Morgan fingerprint density at radius 2 is 1.96 bits per heavy atom. The molecule has 0 aliphatic carbocycles. The van der Waals surface area contributed by atoms with Gasteiger partial charge in [-0.25, -0.2) is 14.6 Å². The van der Waals surface area contributed by atoms with Crippen LogP contribution in [0, 0.1) is 0 Å². The fourth-order valence-electron chi connectivity index (χ4n) is 2.61. The predicted molar refractivity (Wildman–Crippen MR) is 90.2 cm³/mol. The highest BCUT2D eigenvalue weighted by atomic mass is 16.6. The van der Waals surface area contributed by atoms with Crippen molar-refractivity contribution in [2.24, 2.45) is 0 Å². The molecule has 1 atom stereocenters. The lowest BCUT2D eigenvalue weighted by atomic mass is 10.1. The van der Waals surface area contributed by atoms with Crippen LogP contribution in [0.25, 0.3) is 0 Å². The van der Waals surface area contributed by atoms with Crippen molar-refractivity contribution < 1.29 is 19.1 Å². The van der Waals surface area contributed by atoms with E-state index in [4.69, 9.17) is 4.74 Å². The number of hydrogen-bond donors (Lipinski definition) is 0. The number of hydrogen-bond acceptors (Lipinski definition) is 6. The molecule has 0 saturated carbocycles. The number of nitrogens with zero attached hydrogens (tertiary/aromatic N) is 3. The first kappa shape index (κ1) is 18.0. The maximum atomic E-state index is 12.2. The van der Waals surface area contributed by atoms with E-state index in [2.05, 4.69) is 14.6 Å². The summed E-state index contributed by atoms with van der Waals surface area (Å²) in [6.45, 7) is 9.47. The molecule has 1 aliphatic heterocycles. The van der Waals surface area contributed by atoms with Crippen LogP contribution < -0.4 is 4.90 Å². The molecule has 2 rings (SSSR count). The fourth-order valence-corrected chi connectivity index (χ4v) is 2.61. The number of anilines is 1. The zero-order chi connectivity index (χ0) is 17.9. The Hall–Kier alpha value is -2.31.